The lowest BCUT2D eigenvalue weighted by Crippen LogP contribution is -2.09. The number of alkyl halides is 1. The van der Waals surface area contributed by atoms with E-state index in [1.54, 1.807) is 0 Å². The molecule has 90 valence electrons. The Kier molecular flexibility index (Phi) is 2.79. The summed E-state index contributed by atoms with van der Waals surface area (Å²) in [4.78, 5) is 9.22. The number of imidazole rings is 1. The lowest BCUT2D eigenvalue weighted by molar-refractivity contribution is 0.515. The molecule has 0 N–H and O–H groups in total. The molecule has 0 aromatic carbocycles. The molecule has 0 aliphatic heterocycles. The summed E-state index contributed by atoms with van der Waals surface area (Å²) in [6.45, 7) is 2.02. The van der Waals surface area contributed by atoms with E-state index in [1.807, 2.05) is 19.1 Å². The van der Waals surface area contributed by atoms with Gasteiger partial charge in [-0.05, 0) is 31.9 Å². The van der Waals surface area contributed by atoms with Gasteiger partial charge < -0.3 is 4.57 Å². The highest BCUT2D eigenvalue weighted by atomic mass is 35.5. The van der Waals surface area contributed by atoms with E-state index in [1.165, 1.54) is 25.7 Å². The van der Waals surface area contributed by atoms with Crippen LogP contribution in [0.4, 0.5) is 0 Å². The predicted octanol–water partition coefficient (Wildman–Crippen LogP) is 3.59. The zero-order valence-corrected chi connectivity index (χ0v) is 10.7. The van der Waals surface area contributed by atoms with Crippen molar-refractivity contribution >= 4 is 22.8 Å². The van der Waals surface area contributed by atoms with Crippen molar-refractivity contribution in [1.29, 1.82) is 0 Å². The molecule has 2 aromatic heterocycles. The van der Waals surface area contributed by atoms with Gasteiger partial charge in [-0.3, -0.25) is 0 Å². The van der Waals surface area contributed by atoms with Crippen molar-refractivity contribution in [3.8, 4) is 0 Å². The number of fused-ring (bicyclic) bond motifs is 1. The number of aryl methyl sites for hydroxylation is 1. The summed E-state index contributed by atoms with van der Waals surface area (Å²) in [7, 11) is 0. The van der Waals surface area contributed by atoms with Gasteiger partial charge in [-0.15, -0.1) is 11.6 Å². The first kappa shape index (κ1) is 11.0. The second kappa shape index (κ2) is 4.30. The molecule has 0 atom stereocenters. The third-order valence-electron chi connectivity index (χ3n) is 3.56. The maximum Gasteiger partial charge on any atom is 0.160 e. The normalized spacial score (nSPS) is 17.1. The maximum atomic E-state index is 6.01. The fraction of sp³-hybridized carbons (Fsp3) is 0.538. The van der Waals surface area contributed by atoms with Crippen LogP contribution in [0.3, 0.4) is 0 Å². The Morgan fingerprint density at radius 2 is 2.06 bits per heavy atom. The number of hydrogen-bond donors (Lipinski definition) is 0. The fourth-order valence-corrected chi connectivity index (χ4v) is 2.94. The average molecular weight is 250 g/mol. The summed E-state index contributed by atoms with van der Waals surface area (Å²) in [5.41, 5.74) is 3.02. The summed E-state index contributed by atoms with van der Waals surface area (Å²) in [5.74, 6) is 1.43. The van der Waals surface area contributed by atoms with E-state index >= 15 is 0 Å². The number of nitrogens with zero attached hydrogens (tertiary/aromatic N) is 3. The van der Waals surface area contributed by atoms with Crippen molar-refractivity contribution in [3.05, 3.63) is 23.7 Å². The zero-order chi connectivity index (χ0) is 11.8. The van der Waals surface area contributed by atoms with E-state index in [0.29, 0.717) is 11.9 Å². The van der Waals surface area contributed by atoms with E-state index in [4.69, 9.17) is 11.6 Å². The highest BCUT2D eigenvalue weighted by Crippen LogP contribution is 2.33. The minimum Gasteiger partial charge on any atom is -0.309 e. The number of rotatable bonds is 2. The van der Waals surface area contributed by atoms with Crippen molar-refractivity contribution in [3.63, 3.8) is 0 Å². The van der Waals surface area contributed by atoms with E-state index in [0.717, 1.165) is 22.7 Å². The summed E-state index contributed by atoms with van der Waals surface area (Å²) >= 11 is 6.01. The zero-order valence-electron chi connectivity index (χ0n) is 9.99. The van der Waals surface area contributed by atoms with E-state index in [9.17, 15) is 0 Å². The first-order chi connectivity index (χ1) is 8.29. The fourth-order valence-electron chi connectivity index (χ4n) is 2.76. The second-order valence-electron chi connectivity index (χ2n) is 4.77. The Labute approximate surface area is 106 Å². The Morgan fingerprint density at radius 1 is 1.29 bits per heavy atom. The van der Waals surface area contributed by atoms with Gasteiger partial charge in [0.05, 0.1) is 5.88 Å². The van der Waals surface area contributed by atoms with E-state index in [2.05, 4.69) is 14.5 Å². The van der Waals surface area contributed by atoms with Gasteiger partial charge in [0.2, 0.25) is 0 Å². The lowest BCUT2D eigenvalue weighted by Gasteiger charge is -2.14. The molecule has 3 rings (SSSR count). The highest BCUT2D eigenvalue weighted by Gasteiger charge is 2.22. The lowest BCUT2D eigenvalue weighted by atomic mass is 10.2. The third-order valence-corrected chi connectivity index (χ3v) is 3.80. The van der Waals surface area contributed by atoms with Crippen LogP contribution in [0.2, 0.25) is 0 Å². The van der Waals surface area contributed by atoms with Crippen molar-refractivity contribution < 1.29 is 0 Å². The van der Waals surface area contributed by atoms with Crippen LogP contribution in [0, 0.1) is 6.92 Å². The summed E-state index contributed by atoms with van der Waals surface area (Å²) in [6.07, 6.45) is 5.06. The van der Waals surface area contributed by atoms with Crippen molar-refractivity contribution in [1.82, 2.24) is 14.5 Å². The van der Waals surface area contributed by atoms with E-state index in [-0.39, 0.29) is 0 Å². The van der Waals surface area contributed by atoms with Crippen LogP contribution < -0.4 is 0 Å². The Morgan fingerprint density at radius 3 is 2.76 bits per heavy atom. The Bertz CT molecular complexity index is 541. The van der Waals surface area contributed by atoms with Crippen molar-refractivity contribution in [2.45, 2.75) is 44.5 Å². The maximum absolute atomic E-state index is 6.01. The molecule has 2 heterocycles. The van der Waals surface area contributed by atoms with Crippen LogP contribution in [0.15, 0.2) is 12.1 Å². The van der Waals surface area contributed by atoms with Gasteiger partial charge in [-0.25, -0.2) is 9.97 Å². The smallest absolute Gasteiger partial charge is 0.160 e. The van der Waals surface area contributed by atoms with Gasteiger partial charge in [-0.1, -0.05) is 12.8 Å². The summed E-state index contributed by atoms with van der Waals surface area (Å²) < 4.78 is 2.27. The number of halogens is 1. The summed E-state index contributed by atoms with van der Waals surface area (Å²) in [6, 6.07) is 4.59. The Balaban J connectivity index is 2.20. The molecule has 0 bridgehead atoms. The number of pyridine rings is 1. The van der Waals surface area contributed by atoms with Crippen LogP contribution in [0.25, 0.3) is 11.2 Å². The van der Waals surface area contributed by atoms with Crippen molar-refractivity contribution in [2.75, 3.05) is 0 Å². The molecule has 0 saturated heterocycles. The first-order valence-electron chi connectivity index (χ1n) is 6.20. The third kappa shape index (κ3) is 1.82. The predicted molar refractivity (Wildman–Crippen MR) is 69.3 cm³/mol. The van der Waals surface area contributed by atoms with Gasteiger partial charge >= 0.3 is 0 Å². The second-order valence-corrected chi connectivity index (χ2v) is 5.03. The molecular weight excluding hydrogens is 234 g/mol. The number of hydrogen-bond acceptors (Lipinski definition) is 2. The van der Waals surface area contributed by atoms with Gasteiger partial charge in [0.25, 0.3) is 0 Å². The standard InChI is InChI=1S/C13H16ClN3/c1-9-6-7-11-13(15-9)17(12(8-14)16-11)10-4-2-3-5-10/h6-7,10H,2-5,8H2,1H3. The molecule has 1 aliphatic rings. The van der Waals surface area contributed by atoms with Gasteiger partial charge in [0.1, 0.15) is 11.3 Å². The Hall–Kier alpha value is -1.09. The van der Waals surface area contributed by atoms with Gasteiger partial charge in [-0.2, -0.15) is 0 Å². The van der Waals surface area contributed by atoms with Crippen LogP contribution in [0.1, 0.15) is 43.2 Å². The SMILES string of the molecule is Cc1ccc2nc(CCl)n(C3CCCC3)c2n1. The molecule has 1 fully saturated rings. The highest BCUT2D eigenvalue weighted by molar-refractivity contribution is 6.16. The van der Waals surface area contributed by atoms with Gasteiger partial charge in [0, 0.05) is 11.7 Å². The molecule has 0 amide bonds. The molecule has 0 unspecified atom stereocenters. The van der Waals surface area contributed by atoms with E-state index < -0.39 is 0 Å². The van der Waals surface area contributed by atoms with Gasteiger partial charge in [0.15, 0.2) is 5.65 Å². The largest absolute Gasteiger partial charge is 0.309 e. The summed E-state index contributed by atoms with van der Waals surface area (Å²) in [5, 5.41) is 0. The molecule has 1 saturated carbocycles. The quantitative estimate of drug-likeness (QED) is 0.762. The minimum atomic E-state index is 0.464. The molecule has 2 aromatic rings. The molecule has 17 heavy (non-hydrogen) atoms. The molecule has 0 spiro atoms. The molecule has 4 heteroatoms. The number of aromatic nitrogens is 3. The van der Waals surface area contributed by atoms with Crippen LogP contribution in [-0.4, -0.2) is 14.5 Å². The molecular formula is C13H16ClN3. The minimum absolute atomic E-state index is 0.464. The average Bonchev–Trinajstić information content (AvgIpc) is 2.93. The van der Waals surface area contributed by atoms with Crippen LogP contribution in [-0.2, 0) is 5.88 Å². The first-order valence-corrected chi connectivity index (χ1v) is 6.73. The molecule has 3 nitrogen and oxygen atoms in total. The van der Waals surface area contributed by atoms with Crippen molar-refractivity contribution in [2.24, 2.45) is 0 Å². The molecule has 0 radical (unpaired) electrons. The molecule has 1 aliphatic carbocycles. The van der Waals surface area contributed by atoms with Crippen LogP contribution >= 0.6 is 11.6 Å². The van der Waals surface area contributed by atoms with Crippen LogP contribution in [0.5, 0.6) is 0 Å². The monoisotopic (exact) mass is 249 g/mol. The topological polar surface area (TPSA) is 30.7 Å².